The first-order valence-electron chi connectivity index (χ1n) is 8.87. The number of hydrogen-bond donors (Lipinski definition) is 2. The number of nitrogens with one attached hydrogen (secondary N) is 2. The number of carbonyl (C=O) groups is 1. The zero-order valence-corrected chi connectivity index (χ0v) is 17.2. The molecule has 1 saturated carbocycles. The predicted molar refractivity (Wildman–Crippen MR) is 106 cm³/mol. The van der Waals surface area contributed by atoms with E-state index in [4.69, 9.17) is 4.99 Å². The molecule has 1 aliphatic heterocycles. The van der Waals surface area contributed by atoms with Crippen molar-refractivity contribution in [3.05, 3.63) is 0 Å². The van der Waals surface area contributed by atoms with E-state index < -0.39 is 0 Å². The highest BCUT2D eigenvalue weighted by atomic mass is 127. The van der Waals surface area contributed by atoms with Crippen LogP contribution < -0.4 is 10.6 Å². The second-order valence-electron chi connectivity index (χ2n) is 6.91. The summed E-state index contributed by atoms with van der Waals surface area (Å²) in [4.78, 5) is 18.3. The number of amides is 1. The number of carbonyl (C=O) groups excluding carboxylic acids is 1. The SMILES string of the molecule is CCNC(=NCC1(CC)CCCC1)NC1CCC(=O)N(C)C1.I. The van der Waals surface area contributed by atoms with E-state index in [9.17, 15) is 4.79 Å². The summed E-state index contributed by atoms with van der Waals surface area (Å²) in [6.45, 7) is 6.94. The number of likely N-dealkylation sites (tertiary alicyclic amines) is 1. The Morgan fingerprint density at radius 3 is 2.61 bits per heavy atom. The monoisotopic (exact) mass is 436 g/mol. The Kier molecular flexibility index (Phi) is 8.64. The highest BCUT2D eigenvalue weighted by Gasteiger charge is 2.32. The fourth-order valence-corrected chi connectivity index (χ4v) is 3.64. The lowest BCUT2D eigenvalue weighted by Gasteiger charge is -2.31. The predicted octanol–water partition coefficient (Wildman–Crippen LogP) is 2.75. The van der Waals surface area contributed by atoms with Crippen LogP contribution in [0.2, 0.25) is 0 Å². The molecule has 2 rings (SSSR count). The Hall–Kier alpha value is -0.530. The first kappa shape index (κ1) is 20.5. The second-order valence-corrected chi connectivity index (χ2v) is 6.91. The fourth-order valence-electron chi connectivity index (χ4n) is 3.64. The summed E-state index contributed by atoms with van der Waals surface area (Å²) in [5.74, 6) is 1.16. The summed E-state index contributed by atoms with van der Waals surface area (Å²) >= 11 is 0. The number of hydrogen-bond acceptors (Lipinski definition) is 2. The molecule has 1 unspecified atom stereocenters. The van der Waals surface area contributed by atoms with E-state index in [-0.39, 0.29) is 29.9 Å². The molecule has 1 saturated heterocycles. The van der Waals surface area contributed by atoms with Gasteiger partial charge >= 0.3 is 0 Å². The molecule has 134 valence electrons. The number of halogens is 1. The molecule has 0 aromatic carbocycles. The van der Waals surface area contributed by atoms with Gasteiger partial charge in [-0.05, 0) is 38.0 Å². The molecular formula is C17H33IN4O. The summed E-state index contributed by atoms with van der Waals surface area (Å²) in [7, 11) is 1.88. The molecule has 1 amide bonds. The van der Waals surface area contributed by atoms with Gasteiger partial charge in [0.05, 0.1) is 0 Å². The van der Waals surface area contributed by atoms with Crippen molar-refractivity contribution in [1.29, 1.82) is 0 Å². The van der Waals surface area contributed by atoms with Gasteiger partial charge in [0.15, 0.2) is 5.96 Å². The van der Waals surface area contributed by atoms with Gasteiger partial charge in [0, 0.05) is 39.1 Å². The van der Waals surface area contributed by atoms with Gasteiger partial charge in [-0.25, -0.2) is 0 Å². The van der Waals surface area contributed by atoms with E-state index in [2.05, 4.69) is 24.5 Å². The van der Waals surface area contributed by atoms with E-state index in [0.717, 1.165) is 32.0 Å². The quantitative estimate of drug-likeness (QED) is 0.396. The van der Waals surface area contributed by atoms with Gasteiger partial charge in [-0.1, -0.05) is 19.8 Å². The van der Waals surface area contributed by atoms with E-state index in [1.54, 1.807) is 0 Å². The van der Waals surface area contributed by atoms with Gasteiger partial charge in [0.1, 0.15) is 0 Å². The van der Waals surface area contributed by atoms with Crippen molar-refractivity contribution in [3.63, 3.8) is 0 Å². The maximum atomic E-state index is 11.6. The molecule has 0 spiro atoms. The minimum absolute atomic E-state index is 0. The molecule has 0 radical (unpaired) electrons. The van der Waals surface area contributed by atoms with Crippen LogP contribution in [0.1, 0.15) is 58.8 Å². The molecule has 0 aromatic rings. The summed E-state index contributed by atoms with van der Waals surface area (Å²) < 4.78 is 0. The van der Waals surface area contributed by atoms with E-state index in [0.29, 0.717) is 17.9 Å². The molecule has 1 heterocycles. The highest BCUT2D eigenvalue weighted by molar-refractivity contribution is 14.0. The lowest BCUT2D eigenvalue weighted by Crippen LogP contribution is -2.51. The summed E-state index contributed by atoms with van der Waals surface area (Å²) in [6.07, 6.45) is 8.07. The Morgan fingerprint density at radius 2 is 2.04 bits per heavy atom. The number of rotatable bonds is 5. The molecule has 0 bridgehead atoms. The summed E-state index contributed by atoms with van der Waals surface area (Å²) in [5, 5.41) is 6.87. The Morgan fingerprint density at radius 1 is 1.35 bits per heavy atom. The highest BCUT2D eigenvalue weighted by Crippen LogP contribution is 2.41. The zero-order valence-electron chi connectivity index (χ0n) is 14.9. The van der Waals surface area contributed by atoms with Crippen LogP contribution in [0.15, 0.2) is 4.99 Å². The van der Waals surface area contributed by atoms with Crippen LogP contribution in [0.3, 0.4) is 0 Å². The molecular weight excluding hydrogens is 403 g/mol. The smallest absolute Gasteiger partial charge is 0.222 e. The number of aliphatic imine (C=N–C) groups is 1. The first-order chi connectivity index (χ1) is 10.6. The van der Waals surface area contributed by atoms with Gasteiger partial charge in [0.2, 0.25) is 5.91 Å². The Bertz CT molecular complexity index is 407. The van der Waals surface area contributed by atoms with Gasteiger partial charge in [-0.3, -0.25) is 9.79 Å². The van der Waals surface area contributed by atoms with Crippen LogP contribution in [0, 0.1) is 5.41 Å². The van der Waals surface area contributed by atoms with Crippen LogP contribution >= 0.6 is 24.0 Å². The molecule has 2 N–H and O–H groups in total. The molecule has 2 aliphatic rings. The minimum atomic E-state index is 0. The number of nitrogens with zero attached hydrogens (tertiary/aromatic N) is 2. The van der Waals surface area contributed by atoms with Crippen molar-refractivity contribution < 1.29 is 4.79 Å². The third-order valence-corrected chi connectivity index (χ3v) is 5.30. The molecule has 0 aromatic heterocycles. The van der Waals surface area contributed by atoms with Crippen LogP contribution in [-0.4, -0.2) is 49.5 Å². The lowest BCUT2D eigenvalue weighted by atomic mass is 9.84. The number of likely N-dealkylation sites (N-methyl/N-ethyl adjacent to an activating group) is 1. The Labute approximate surface area is 158 Å². The number of guanidine groups is 1. The van der Waals surface area contributed by atoms with Gasteiger partial charge in [0.25, 0.3) is 0 Å². The number of piperidine rings is 1. The van der Waals surface area contributed by atoms with Crippen molar-refractivity contribution in [2.45, 2.75) is 64.8 Å². The van der Waals surface area contributed by atoms with Gasteiger partial charge in [-0.15, -0.1) is 24.0 Å². The van der Waals surface area contributed by atoms with Crippen LogP contribution in [0.4, 0.5) is 0 Å². The third kappa shape index (κ3) is 5.80. The maximum absolute atomic E-state index is 11.6. The van der Waals surface area contributed by atoms with Gasteiger partial charge < -0.3 is 15.5 Å². The van der Waals surface area contributed by atoms with Crippen LogP contribution in [0.25, 0.3) is 0 Å². The molecule has 23 heavy (non-hydrogen) atoms. The summed E-state index contributed by atoms with van der Waals surface area (Å²) in [6, 6.07) is 0.307. The second kappa shape index (κ2) is 9.69. The molecule has 5 nitrogen and oxygen atoms in total. The average molecular weight is 436 g/mol. The van der Waals surface area contributed by atoms with E-state index in [1.165, 1.54) is 32.1 Å². The lowest BCUT2D eigenvalue weighted by molar-refractivity contribution is -0.132. The Balaban J connectivity index is 0.00000264. The first-order valence-corrected chi connectivity index (χ1v) is 8.87. The van der Waals surface area contributed by atoms with Crippen molar-refractivity contribution >= 4 is 35.8 Å². The van der Waals surface area contributed by atoms with Crippen molar-refractivity contribution in [3.8, 4) is 0 Å². The van der Waals surface area contributed by atoms with Crippen molar-refractivity contribution in [2.75, 3.05) is 26.7 Å². The van der Waals surface area contributed by atoms with E-state index in [1.807, 2.05) is 11.9 Å². The maximum Gasteiger partial charge on any atom is 0.222 e. The normalized spacial score (nSPS) is 24.3. The van der Waals surface area contributed by atoms with Crippen molar-refractivity contribution in [2.24, 2.45) is 10.4 Å². The zero-order chi connectivity index (χ0) is 16.0. The largest absolute Gasteiger partial charge is 0.357 e. The average Bonchev–Trinajstić information content (AvgIpc) is 2.98. The van der Waals surface area contributed by atoms with Crippen LogP contribution in [-0.2, 0) is 4.79 Å². The van der Waals surface area contributed by atoms with Crippen LogP contribution in [0.5, 0.6) is 0 Å². The topological polar surface area (TPSA) is 56.7 Å². The standard InChI is InChI=1S/C17H32N4O.HI/c1-4-17(10-6-7-11-17)13-19-16(18-5-2)20-14-8-9-15(22)21(3)12-14;/h14H,4-13H2,1-3H3,(H2,18,19,20);1H. The minimum Gasteiger partial charge on any atom is -0.357 e. The molecule has 1 aliphatic carbocycles. The summed E-state index contributed by atoms with van der Waals surface area (Å²) in [5.41, 5.74) is 0.418. The fraction of sp³-hybridized carbons (Fsp3) is 0.882. The molecule has 1 atom stereocenters. The van der Waals surface area contributed by atoms with E-state index >= 15 is 0 Å². The van der Waals surface area contributed by atoms with Gasteiger partial charge in [-0.2, -0.15) is 0 Å². The molecule has 6 heteroatoms. The van der Waals surface area contributed by atoms with Crippen molar-refractivity contribution in [1.82, 2.24) is 15.5 Å². The molecule has 2 fully saturated rings. The third-order valence-electron chi connectivity index (χ3n) is 5.30.